The van der Waals surface area contributed by atoms with Crippen molar-refractivity contribution < 1.29 is 4.39 Å². The quantitative estimate of drug-likeness (QED) is 0.783. The van der Waals surface area contributed by atoms with Crippen molar-refractivity contribution >= 4 is 5.69 Å². The Morgan fingerprint density at radius 2 is 2.35 bits per heavy atom. The minimum absolute atomic E-state index is 0.303. The van der Waals surface area contributed by atoms with E-state index in [1.165, 1.54) is 6.07 Å². The molecule has 23 heavy (non-hydrogen) atoms. The van der Waals surface area contributed by atoms with Gasteiger partial charge in [-0.05, 0) is 38.0 Å². The van der Waals surface area contributed by atoms with Crippen molar-refractivity contribution in [2.24, 2.45) is 5.92 Å². The van der Waals surface area contributed by atoms with Gasteiger partial charge < -0.3 is 10.2 Å². The van der Waals surface area contributed by atoms with Gasteiger partial charge in [-0.15, -0.1) is 0 Å². The van der Waals surface area contributed by atoms with Gasteiger partial charge in [-0.1, -0.05) is 0 Å². The summed E-state index contributed by atoms with van der Waals surface area (Å²) in [6.07, 6.45) is 2.17. The number of anilines is 1. The Labute approximate surface area is 136 Å². The van der Waals surface area contributed by atoms with Crippen molar-refractivity contribution in [2.75, 3.05) is 31.1 Å². The van der Waals surface area contributed by atoms with E-state index in [9.17, 15) is 4.39 Å². The smallest absolute Gasteiger partial charge is 0.147 e. The molecule has 0 saturated carbocycles. The first-order valence-electron chi connectivity index (χ1n) is 8.33. The van der Waals surface area contributed by atoms with E-state index in [4.69, 9.17) is 5.26 Å². The van der Waals surface area contributed by atoms with E-state index >= 15 is 0 Å². The molecule has 2 saturated heterocycles. The third kappa shape index (κ3) is 3.81. The summed E-state index contributed by atoms with van der Waals surface area (Å²) in [6, 6.07) is 7.57. The Balaban J connectivity index is 1.58. The van der Waals surface area contributed by atoms with E-state index in [2.05, 4.69) is 28.0 Å². The Morgan fingerprint density at radius 3 is 3.04 bits per heavy atom. The maximum atomic E-state index is 14.2. The fourth-order valence-electron chi connectivity index (χ4n) is 3.41. The molecule has 3 unspecified atom stereocenters. The lowest BCUT2D eigenvalue weighted by Crippen LogP contribution is -2.48. The molecule has 3 rings (SSSR count). The van der Waals surface area contributed by atoms with E-state index in [0.717, 1.165) is 39.0 Å². The van der Waals surface area contributed by atoms with Crippen LogP contribution in [0.4, 0.5) is 10.1 Å². The number of benzene rings is 1. The van der Waals surface area contributed by atoms with Gasteiger partial charge in [0.1, 0.15) is 5.82 Å². The van der Waals surface area contributed by atoms with E-state index in [0.29, 0.717) is 29.3 Å². The first kappa shape index (κ1) is 16.2. The summed E-state index contributed by atoms with van der Waals surface area (Å²) in [4.78, 5) is 2.09. The van der Waals surface area contributed by atoms with Gasteiger partial charge in [-0.3, -0.25) is 10.9 Å². The van der Waals surface area contributed by atoms with Crippen LogP contribution in [0.2, 0.25) is 0 Å². The molecule has 0 spiro atoms. The standard InChI is InChI=1S/C17H24FN5/c1-12-14(10-21-22-12)9-20-15-3-2-6-23(11-15)17-5-4-13(8-19)7-16(17)18/h4-5,7,12,14-15,20-22H,2-3,6,9-11H2,1H3. The molecule has 2 aliphatic heterocycles. The molecule has 3 atom stereocenters. The fraction of sp³-hybridized carbons (Fsp3) is 0.588. The first-order chi connectivity index (χ1) is 11.2. The first-order valence-corrected chi connectivity index (χ1v) is 8.33. The minimum atomic E-state index is -0.303. The van der Waals surface area contributed by atoms with Crippen LogP contribution in [0, 0.1) is 23.1 Å². The summed E-state index contributed by atoms with van der Waals surface area (Å²) in [5.41, 5.74) is 7.39. The van der Waals surface area contributed by atoms with Crippen molar-refractivity contribution in [2.45, 2.75) is 31.8 Å². The highest BCUT2D eigenvalue weighted by molar-refractivity contribution is 5.51. The lowest BCUT2D eigenvalue weighted by atomic mass is 10.0. The minimum Gasteiger partial charge on any atom is -0.368 e. The zero-order valence-corrected chi connectivity index (χ0v) is 13.5. The third-order valence-electron chi connectivity index (χ3n) is 4.91. The lowest BCUT2D eigenvalue weighted by Gasteiger charge is -2.35. The predicted octanol–water partition coefficient (Wildman–Crippen LogP) is 1.37. The van der Waals surface area contributed by atoms with Gasteiger partial charge in [-0.25, -0.2) is 4.39 Å². The Hall–Kier alpha value is -1.68. The molecule has 124 valence electrons. The molecule has 2 fully saturated rings. The summed E-state index contributed by atoms with van der Waals surface area (Å²) in [6.45, 7) is 5.81. The van der Waals surface area contributed by atoms with E-state index < -0.39 is 0 Å². The van der Waals surface area contributed by atoms with Crippen LogP contribution in [0.15, 0.2) is 18.2 Å². The number of nitriles is 1. The summed E-state index contributed by atoms with van der Waals surface area (Å²) >= 11 is 0. The van der Waals surface area contributed by atoms with Gasteiger partial charge in [0.05, 0.1) is 17.3 Å². The molecule has 0 bridgehead atoms. The summed E-state index contributed by atoms with van der Waals surface area (Å²) in [7, 11) is 0. The molecule has 1 aromatic rings. The molecular weight excluding hydrogens is 293 g/mol. The second-order valence-electron chi connectivity index (χ2n) is 6.55. The molecule has 5 nitrogen and oxygen atoms in total. The maximum absolute atomic E-state index is 14.2. The third-order valence-corrected chi connectivity index (χ3v) is 4.91. The van der Waals surface area contributed by atoms with Crippen LogP contribution in [-0.2, 0) is 0 Å². The van der Waals surface area contributed by atoms with Crippen LogP contribution in [0.25, 0.3) is 0 Å². The van der Waals surface area contributed by atoms with Gasteiger partial charge in [-0.2, -0.15) is 5.26 Å². The number of nitrogens with one attached hydrogen (secondary N) is 3. The van der Waals surface area contributed by atoms with Crippen molar-refractivity contribution in [3.8, 4) is 6.07 Å². The van der Waals surface area contributed by atoms with Gasteiger partial charge in [0, 0.05) is 44.2 Å². The molecule has 1 aromatic carbocycles. The van der Waals surface area contributed by atoms with Crippen LogP contribution in [-0.4, -0.2) is 38.3 Å². The SMILES string of the molecule is CC1NNCC1CNC1CCCN(c2ccc(C#N)cc2F)C1. The zero-order chi connectivity index (χ0) is 16.2. The highest BCUT2D eigenvalue weighted by Crippen LogP contribution is 2.24. The summed E-state index contributed by atoms with van der Waals surface area (Å²) in [5.74, 6) is 0.277. The van der Waals surface area contributed by atoms with Crippen LogP contribution in [0.5, 0.6) is 0 Å². The maximum Gasteiger partial charge on any atom is 0.147 e. The number of piperidine rings is 1. The van der Waals surface area contributed by atoms with Crippen molar-refractivity contribution in [3.63, 3.8) is 0 Å². The largest absolute Gasteiger partial charge is 0.368 e. The van der Waals surface area contributed by atoms with Crippen LogP contribution in [0.1, 0.15) is 25.3 Å². The number of rotatable bonds is 4. The number of hydrogen-bond donors (Lipinski definition) is 3. The van der Waals surface area contributed by atoms with Gasteiger partial charge in [0.25, 0.3) is 0 Å². The zero-order valence-electron chi connectivity index (χ0n) is 13.5. The lowest BCUT2D eigenvalue weighted by molar-refractivity contribution is 0.373. The van der Waals surface area contributed by atoms with E-state index in [1.807, 2.05) is 6.07 Å². The van der Waals surface area contributed by atoms with E-state index in [1.54, 1.807) is 12.1 Å². The molecule has 0 radical (unpaired) electrons. The van der Waals surface area contributed by atoms with Crippen LogP contribution in [0.3, 0.4) is 0 Å². The molecule has 2 aliphatic rings. The predicted molar refractivity (Wildman–Crippen MR) is 88.4 cm³/mol. The van der Waals surface area contributed by atoms with Crippen LogP contribution >= 0.6 is 0 Å². The summed E-state index contributed by atoms with van der Waals surface area (Å²) < 4.78 is 14.2. The highest BCUT2D eigenvalue weighted by Gasteiger charge is 2.26. The molecular formula is C17H24FN5. The average Bonchev–Trinajstić information content (AvgIpc) is 2.98. The number of hydrogen-bond acceptors (Lipinski definition) is 5. The monoisotopic (exact) mass is 317 g/mol. The molecule has 6 heteroatoms. The second kappa shape index (κ2) is 7.26. The fourth-order valence-corrected chi connectivity index (χ4v) is 3.41. The molecule has 2 heterocycles. The number of halogens is 1. The second-order valence-corrected chi connectivity index (χ2v) is 6.55. The van der Waals surface area contributed by atoms with E-state index in [-0.39, 0.29) is 5.82 Å². The average molecular weight is 317 g/mol. The molecule has 0 aromatic heterocycles. The Morgan fingerprint density at radius 1 is 1.48 bits per heavy atom. The number of nitrogens with zero attached hydrogens (tertiary/aromatic N) is 2. The molecule has 0 amide bonds. The normalized spacial score (nSPS) is 27.9. The van der Waals surface area contributed by atoms with Gasteiger partial charge >= 0.3 is 0 Å². The topological polar surface area (TPSA) is 63.1 Å². The molecule has 3 N–H and O–H groups in total. The molecule has 0 aliphatic carbocycles. The Kier molecular flexibility index (Phi) is 5.11. The van der Waals surface area contributed by atoms with Crippen molar-refractivity contribution in [1.82, 2.24) is 16.2 Å². The highest BCUT2D eigenvalue weighted by atomic mass is 19.1. The number of hydrazine groups is 1. The van der Waals surface area contributed by atoms with Gasteiger partial charge in [0.15, 0.2) is 0 Å². The van der Waals surface area contributed by atoms with Crippen molar-refractivity contribution in [1.29, 1.82) is 5.26 Å². The van der Waals surface area contributed by atoms with Crippen molar-refractivity contribution in [3.05, 3.63) is 29.6 Å². The summed E-state index contributed by atoms with van der Waals surface area (Å²) in [5, 5.41) is 12.5. The van der Waals surface area contributed by atoms with Crippen LogP contribution < -0.4 is 21.1 Å². The van der Waals surface area contributed by atoms with Gasteiger partial charge in [0.2, 0.25) is 0 Å². The Bertz CT molecular complexity index is 585.